The second-order valence-electron chi connectivity index (χ2n) is 8.86. The van der Waals surface area contributed by atoms with Gasteiger partial charge in [0, 0.05) is 6.08 Å². The number of nitrogens with one attached hydrogen (secondary N) is 1. The molecule has 0 saturated carbocycles. The second kappa shape index (κ2) is 19.9. The fourth-order valence-corrected chi connectivity index (χ4v) is 3.79. The van der Waals surface area contributed by atoms with Gasteiger partial charge in [-0.15, -0.1) is 0 Å². The highest BCUT2D eigenvalue weighted by Gasteiger charge is 2.26. The van der Waals surface area contributed by atoms with Gasteiger partial charge in [-0.25, -0.2) is 4.79 Å². The maximum Gasteiger partial charge on any atom is 0.330 e. The van der Waals surface area contributed by atoms with Crippen molar-refractivity contribution in [3.63, 3.8) is 0 Å². The van der Waals surface area contributed by atoms with Crippen molar-refractivity contribution in [1.82, 2.24) is 0 Å². The summed E-state index contributed by atoms with van der Waals surface area (Å²) in [4.78, 5) is 12.8. The van der Waals surface area contributed by atoms with Gasteiger partial charge in [0.1, 0.15) is 6.54 Å². The molecule has 0 fully saturated rings. The summed E-state index contributed by atoms with van der Waals surface area (Å²) in [7, 11) is 2.19. The number of hydrogen-bond donors (Lipinski definition) is 1. The maximum absolute atomic E-state index is 11.4. The highest BCUT2D eigenvalue weighted by Crippen LogP contribution is 2.12. The Bertz CT molecular complexity index is 372. The van der Waals surface area contributed by atoms with Gasteiger partial charge >= 0.3 is 5.97 Å². The number of esters is 1. The molecule has 1 unspecified atom stereocenters. The Morgan fingerprint density at radius 2 is 1.25 bits per heavy atom. The Balaban J connectivity index is 0. The van der Waals surface area contributed by atoms with E-state index >= 15 is 0 Å². The number of likely N-dealkylation sites (N-methyl/N-ethyl adjacent to an activating group) is 1. The lowest BCUT2D eigenvalue weighted by atomic mass is 10.0. The lowest BCUT2D eigenvalue weighted by Crippen LogP contribution is -3.11. The molecule has 1 atom stereocenters. The van der Waals surface area contributed by atoms with Gasteiger partial charge in [0.2, 0.25) is 0 Å². The van der Waals surface area contributed by atoms with Crippen molar-refractivity contribution >= 4 is 5.97 Å². The topological polar surface area (TPSA) is 30.7 Å². The summed E-state index contributed by atoms with van der Waals surface area (Å²) < 4.78 is 5.40. The molecular formula is C24H48BrNO2. The zero-order valence-corrected chi connectivity index (χ0v) is 20.9. The van der Waals surface area contributed by atoms with Crippen molar-refractivity contribution in [2.24, 2.45) is 0 Å². The molecule has 0 rings (SSSR count). The first kappa shape index (κ1) is 29.8. The number of ether oxygens (including phenoxy) is 1. The van der Waals surface area contributed by atoms with Crippen molar-refractivity contribution in [3.8, 4) is 0 Å². The van der Waals surface area contributed by atoms with Crippen LogP contribution in [0.1, 0.15) is 111 Å². The van der Waals surface area contributed by atoms with Gasteiger partial charge < -0.3 is 26.6 Å². The van der Waals surface area contributed by atoms with Gasteiger partial charge in [0.25, 0.3) is 0 Å². The molecule has 0 bridgehead atoms. The Hall–Kier alpha value is -0.350. The zero-order chi connectivity index (χ0) is 20.4. The number of rotatable bonds is 19. The lowest BCUT2D eigenvalue weighted by Gasteiger charge is -2.27. The van der Waals surface area contributed by atoms with Crippen LogP contribution >= 0.6 is 0 Å². The summed E-state index contributed by atoms with van der Waals surface area (Å²) in [6, 6.07) is 0. The molecule has 4 heteroatoms. The van der Waals surface area contributed by atoms with Crippen molar-refractivity contribution in [2.45, 2.75) is 116 Å². The third-order valence-corrected chi connectivity index (χ3v) is 5.23. The van der Waals surface area contributed by atoms with Crippen LogP contribution < -0.4 is 21.9 Å². The molecule has 0 aliphatic rings. The first-order valence-corrected chi connectivity index (χ1v) is 11.6. The molecular weight excluding hydrogens is 414 g/mol. The fraction of sp³-hybridized carbons (Fsp3) is 0.875. The molecule has 168 valence electrons. The van der Waals surface area contributed by atoms with Crippen LogP contribution in [0.15, 0.2) is 12.7 Å². The smallest absolute Gasteiger partial charge is 0.330 e. The van der Waals surface area contributed by atoms with Crippen LogP contribution in [0.5, 0.6) is 0 Å². The summed E-state index contributed by atoms with van der Waals surface area (Å²) in [5.74, 6) is -0.329. The van der Waals surface area contributed by atoms with Gasteiger partial charge in [0.05, 0.1) is 13.6 Å². The average Bonchev–Trinajstić information content (AvgIpc) is 2.61. The predicted molar refractivity (Wildman–Crippen MR) is 117 cm³/mol. The van der Waals surface area contributed by atoms with E-state index in [-0.39, 0.29) is 23.0 Å². The Morgan fingerprint density at radius 1 is 0.857 bits per heavy atom. The molecule has 0 amide bonds. The molecule has 0 aromatic carbocycles. The summed E-state index contributed by atoms with van der Waals surface area (Å²) >= 11 is 0. The third-order valence-electron chi connectivity index (χ3n) is 5.23. The van der Waals surface area contributed by atoms with E-state index in [2.05, 4.69) is 20.6 Å². The molecule has 1 N–H and O–H groups in total. The third kappa shape index (κ3) is 20.4. The molecule has 0 aliphatic carbocycles. The van der Waals surface area contributed by atoms with Gasteiger partial charge in [-0.3, -0.25) is 0 Å². The van der Waals surface area contributed by atoms with Gasteiger partial charge in [-0.2, -0.15) is 0 Å². The Morgan fingerprint density at radius 3 is 1.64 bits per heavy atom. The second-order valence-corrected chi connectivity index (χ2v) is 8.86. The number of carbonyl (C=O) groups is 1. The van der Waals surface area contributed by atoms with E-state index in [0.717, 1.165) is 13.1 Å². The largest absolute Gasteiger partial charge is 1.00 e. The molecule has 0 aromatic heterocycles. The van der Waals surface area contributed by atoms with E-state index < -0.39 is 5.60 Å². The minimum absolute atomic E-state index is 0. The summed E-state index contributed by atoms with van der Waals surface area (Å²) in [5.41, 5.74) is -0.425. The zero-order valence-electron chi connectivity index (χ0n) is 19.3. The van der Waals surface area contributed by atoms with Crippen LogP contribution in [0.4, 0.5) is 0 Å². The average molecular weight is 463 g/mol. The SMILES string of the molecule is C=CC(=O)OC(C)(C)C[NH+](C)CCCCCCCCCCCCCCCC.[Br-]. The summed E-state index contributed by atoms with van der Waals surface area (Å²) in [6.07, 6.45) is 20.8. The van der Waals surface area contributed by atoms with E-state index in [1.54, 1.807) is 0 Å². The number of carbonyl (C=O) groups excluding carboxylic acids is 1. The predicted octanol–water partition coefficient (Wildman–Crippen LogP) is 2.49. The van der Waals surface area contributed by atoms with Gasteiger partial charge in [0.15, 0.2) is 5.60 Å². The number of unbranched alkanes of at least 4 members (excludes halogenated alkanes) is 13. The van der Waals surface area contributed by atoms with Crippen LogP contribution in [0.2, 0.25) is 0 Å². The molecule has 0 spiro atoms. The van der Waals surface area contributed by atoms with E-state index in [1.165, 1.54) is 101 Å². The molecule has 0 aromatic rings. The fourth-order valence-electron chi connectivity index (χ4n) is 3.79. The molecule has 0 saturated heterocycles. The Labute approximate surface area is 186 Å². The van der Waals surface area contributed by atoms with Crippen LogP contribution in [0, 0.1) is 0 Å². The van der Waals surface area contributed by atoms with E-state index in [4.69, 9.17) is 4.74 Å². The van der Waals surface area contributed by atoms with Crippen molar-refractivity contribution in [3.05, 3.63) is 12.7 Å². The van der Waals surface area contributed by atoms with Gasteiger partial charge in [-0.05, 0) is 26.7 Å². The minimum Gasteiger partial charge on any atom is -1.00 e. The molecule has 28 heavy (non-hydrogen) atoms. The van der Waals surface area contributed by atoms with Crippen LogP contribution in [0.3, 0.4) is 0 Å². The first-order chi connectivity index (χ1) is 12.9. The summed E-state index contributed by atoms with van der Waals surface area (Å²) in [6.45, 7) is 11.7. The lowest BCUT2D eigenvalue weighted by molar-refractivity contribution is -0.885. The monoisotopic (exact) mass is 461 g/mol. The molecule has 3 nitrogen and oxygen atoms in total. The quantitative estimate of drug-likeness (QED) is 0.182. The van der Waals surface area contributed by atoms with Crippen LogP contribution in [0.25, 0.3) is 0 Å². The van der Waals surface area contributed by atoms with Crippen LogP contribution in [-0.4, -0.2) is 31.7 Å². The molecule has 0 heterocycles. The molecule has 0 radical (unpaired) electrons. The normalized spacial score (nSPS) is 12.3. The standard InChI is InChI=1S/C24H47NO2.BrH/c1-6-8-9-10-11-12-13-14-15-16-17-18-19-20-21-25(5)22-24(3,4)27-23(26)7-2;/h7H,2,6,8-22H2,1,3-5H3;1H. The summed E-state index contributed by atoms with van der Waals surface area (Å²) in [5, 5.41) is 0. The molecule has 0 aliphatic heterocycles. The van der Waals surface area contributed by atoms with Crippen molar-refractivity contribution < 1.29 is 31.4 Å². The van der Waals surface area contributed by atoms with Crippen molar-refractivity contribution in [1.29, 1.82) is 0 Å². The number of halogens is 1. The Kier molecular flexibility index (Phi) is 21.3. The van der Waals surface area contributed by atoms with Crippen LogP contribution in [-0.2, 0) is 9.53 Å². The highest BCUT2D eigenvalue weighted by molar-refractivity contribution is 5.81. The van der Waals surface area contributed by atoms with E-state index in [1.807, 2.05) is 13.8 Å². The highest BCUT2D eigenvalue weighted by atomic mass is 79.9. The van der Waals surface area contributed by atoms with E-state index in [0.29, 0.717) is 0 Å². The van der Waals surface area contributed by atoms with Gasteiger partial charge in [-0.1, -0.05) is 90.6 Å². The minimum atomic E-state index is -0.425. The maximum atomic E-state index is 11.4. The first-order valence-electron chi connectivity index (χ1n) is 11.6. The number of quaternary nitrogens is 1. The van der Waals surface area contributed by atoms with E-state index in [9.17, 15) is 4.79 Å². The number of hydrogen-bond acceptors (Lipinski definition) is 2. The van der Waals surface area contributed by atoms with Crippen molar-refractivity contribution in [2.75, 3.05) is 20.1 Å².